The molecule has 0 fully saturated rings. The normalized spacial score (nSPS) is 10.8. The number of fused-ring (bicyclic) bond motifs is 1. The van der Waals surface area contributed by atoms with Gasteiger partial charge >= 0.3 is 0 Å². The van der Waals surface area contributed by atoms with Gasteiger partial charge in [0.2, 0.25) is 11.0 Å². The number of para-hydroxylation sites is 1. The maximum absolute atomic E-state index is 12.1. The summed E-state index contributed by atoms with van der Waals surface area (Å²) < 4.78 is 5.00. The Morgan fingerprint density at radius 2 is 2.05 bits per heavy atom. The zero-order valence-corrected chi connectivity index (χ0v) is 10.1. The summed E-state index contributed by atoms with van der Waals surface area (Å²) in [5.41, 5.74) is 1.30. The Morgan fingerprint density at radius 3 is 2.74 bits per heavy atom. The topological polar surface area (TPSA) is 74.2 Å². The number of hydrogen-bond acceptors (Lipinski definition) is 4. The molecule has 0 spiro atoms. The molecule has 0 atom stereocenters. The average Bonchev–Trinajstić information content (AvgIpc) is 2.76. The molecule has 0 aliphatic heterocycles. The summed E-state index contributed by atoms with van der Waals surface area (Å²) in [6.45, 7) is 0. The first kappa shape index (κ1) is 11.3. The molecule has 0 aliphatic rings. The van der Waals surface area contributed by atoms with Crippen molar-refractivity contribution < 1.29 is 14.7 Å². The maximum atomic E-state index is 12.1. The van der Waals surface area contributed by atoms with E-state index in [-0.39, 0.29) is 5.75 Å². The van der Waals surface area contributed by atoms with E-state index >= 15 is 0 Å². The van der Waals surface area contributed by atoms with Gasteiger partial charge in [0.15, 0.2) is 11.4 Å². The highest BCUT2D eigenvalue weighted by Gasteiger charge is 2.18. The Labute approximate surface area is 108 Å². The number of phenols is 1. The van der Waals surface area contributed by atoms with Crippen molar-refractivity contribution in [3.8, 4) is 17.2 Å². The van der Waals surface area contributed by atoms with Crippen LogP contribution in [0.3, 0.4) is 0 Å². The van der Waals surface area contributed by atoms with Crippen LogP contribution in [0.25, 0.3) is 16.7 Å². The first-order valence-electron chi connectivity index (χ1n) is 5.65. The van der Waals surface area contributed by atoms with Gasteiger partial charge in [0, 0.05) is 6.07 Å². The monoisotopic (exact) mass is 257 g/mol. The molecule has 6 nitrogen and oxygen atoms in total. The van der Waals surface area contributed by atoms with E-state index in [1.165, 1.54) is 13.2 Å². The van der Waals surface area contributed by atoms with Crippen LogP contribution in [-0.2, 0) is 0 Å². The van der Waals surface area contributed by atoms with Crippen LogP contribution < -0.4 is 9.58 Å². The van der Waals surface area contributed by atoms with E-state index in [0.717, 1.165) is 4.80 Å². The van der Waals surface area contributed by atoms with Crippen molar-refractivity contribution in [1.29, 1.82) is 0 Å². The Hall–Kier alpha value is -2.76. The molecule has 19 heavy (non-hydrogen) atoms. The summed E-state index contributed by atoms with van der Waals surface area (Å²) >= 11 is 0. The highest BCUT2D eigenvalue weighted by Crippen LogP contribution is 2.25. The molecule has 0 saturated carbocycles. The average molecular weight is 257 g/mol. The second kappa shape index (κ2) is 4.16. The van der Waals surface area contributed by atoms with Crippen LogP contribution in [-0.4, -0.2) is 22.1 Å². The van der Waals surface area contributed by atoms with E-state index in [0.29, 0.717) is 27.3 Å². The van der Waals surface area contributed by atoms with Gasteiger partial charge < -0.3 is 15.1 Å². The first-order chi connectivity index (χ1) is 9.20. The second-order valence-electron chi connectivity index (χ2n) is 4.01. The van der Waals surface area contributed by atoms with Gasteiger partial charge in [0.1, 0.15) is 5.75 Å². The molecule has 0 radical (unpaired) electrons. The molecule has 6 heteroatoms. The zero-order valence-electron chi connectivity index (χ0n) is 10.1. The predicted molar refractivity (Wildman–Crippen MR) is 68.2 cm³/mol. The molecule has 1 heterocycles. The van der Waals surface area contributed by atoms with Crippen molar-refractivity contribution in [1.82, 2.24) is 9.90 Å². The second-order valence-corrected chi connectivity index (χ2v) is 4.01. The van der Waals surface area contributed by atoms with Crippen LogP contribution in [0.5, 0.6) is 11.5 Å². The van der Waals surface area contributed by atoms with Gasteiger partial charge in [0.25, 0.3) is 0 Å². The van der Waals surface area contributed by atoms with Gasteiger partial charge in [-0.2, -0.15) is 0 Å². The summed E-state index contributed by atoms with van der Waals surface area (Å²) in [4.78, 5) is 1.75. The minimum atomic E-state index is -0.0724. The summed E-state index contributed by atoms with van der Waals surface area (Å²) in [5.74, 6) is 0.437. The lowest BCUT2D eigenvalue weighted by molar-refractivity contribution is -0.664. The minimum absolute atomic E-state index is 0.0724. The van der Waals surface area contributed by atoms with Gasteiger partial charge in [-0.25, -0.2) is 0 Å². The molecule has 1 aromatic heterocycles. The van der Waals surface area contributed by atoms with Crippen LogP contribution in [0.4, 0.5) is 0 Å². The van der Waals surface area contributed by atoms with Crippen molar-refractivity contribution in [2.45, 2.75) is 0 Å². The molecule has 2 aromatic carbocycles. The Morgan fingerprint density at radius 1 is 1.26 bits per heavy atom. The van der Waals surface area contributed by atoms with Crippen molar-refractivity contribution in [2.24, 2.45) is 0 Å². The van der Waals surface area contributed by atoms with E-state index < -0.39 is 0 Å². The zero-order chi connectivity index (χ0) is 13.4. The van der Waals surface area contributed by atoms with Crippen LogP contribution >= 0.6 is 0 Å². The van der Waals surface area contributed by atoms with E-state index in [4.69, 9.17) is 4.74 Å². The molecule has 0 aliphatic carbocycles. The third-order valence-electron chi connectivity index (χ3n) is 2.86. The third-order valence-corrected chi connectivity index (χ3v) is 2.86. The van der Waals surface area contributed by atoms with Crippen molar-refractivity contribution in [3.63, 3.8) is 0 Å². The number of nitrogens with zero attached hydrogens (tertiary/aromatic N) is 3. The molecule has 0 amide bonds. The van der Waals surface area contributed by atoms with Crippen molar-refractivity contribution in [3.05, 3.63) is 47.7 Å². The number of methoxy groups -OCH3 is 1. The van der Waals surface area contributed by atoms with E-state index in [2.05, 4.69) is 5.10 Å². The molecule has 0 saturated heterocycles. The number of benzene rings is 2. The van der Waals surface area contributed by atoms with Gasteiger partial charge in [-0.1, -0.05) is 12.1 Å². The van der Waals surface area contributed by atoms with E-state index in [9.17, 15) is 10.3 Å². The molecular formula is C13H11N3O3. The van der Waals surface area contributed by atoms with E-state index in [1.807, 2.05) is 0 Å². The number of hydrogen-bond donors (Lipinski definition) is 1. The number of rotatable bonds is 2. The fraction of sp³-hybridized carbons (Fsp3) is 0.0769. The highest BCUT2D eigenvalue weighted by atomic mass is 16.5. The third kappa shape index (κ3) is 1.74. The molecule has 3 rings (SSSR count). The SMILES string of the molecule is COc1ccc(-n2nc3ccccc3[n+]2[O-])c(O)c1. The van der Waals surface area contributed by atoms with Crippen LogP contribution in [0.1, 0.15) is 0 Å². The van der Waals surface area contributed by atoms with Crippen LogP contribution in [0.2, 0.25) is 0 Å². The predicted octanol–water partition coefficient (Wildman–Crippen LogP) is 1.37. The number of phenolic OH excluding ortho intramolecular Hbond substituents is 1. The van der Waals surface area contributed by atoms with Gasteiger partial charge in [-0.15, -0.1) is 4.85 Å². The fourth-order valence-electron chi connectivity index (χ4n) is 1.91. The van der Waals surface area contributed by atoms with Gasteiger partial charge in [-0.05, 0) is 29.1 Å². The Bertz CT molecular complexity index is 752. The summed E-state index contributed by atoms with van der Waals surface area (Å²) in [6.07, 6.45) is 0. The lowest BCUT2D eigenvalue weighted by Crippen LogP contribution is -2.37. The number of ether oxygens (including phenoxy) is 1. The molecule has 96 valence electrons. The van der Waals surface area contributed by atoms with Crippen LogP contribution in [0, 0.1) is 5.21 Å². The van der Waals surface area contributed by atoms with Gasteiger partial charge in [0.05, 0.1) is 12.2 Å². The fourth-order valence-corrected chi connectivity index (χ4v) is 1.91. The quantitative estimate of drug-likeness (QED) is 0.556. The van der Waals surface area contributed by atoms with Crippen molar-refractivity contribution in [2.75, 3.05) is 7.11 Å². The first-order valence-corrected chi connectivity index (χ1v) is 5.65. The molecule has 1 N–H and O–H groups in total. The maximum Gasteiger partial charge on any atom is 0.250 e. The standard InChI is InChI=1S/C13H11N3O3/c1-19-9-6-7-12(13(17)8-9)15-14-10-4-2-3-5-11(10)16(15)18/h2-8,17H,1H3. The van der Waals surface area contributed by atoms with Crippen molar-refractivity contribution >= 4 is 11.0 Å². The molecular weight excluding hydrogens is 246 g/mol. The van der Waals surface area contributed by atoms with Crippen LogP contribution in [0.15, 0.2) is 42.5 Å². The lowest BCUT2D eigenvalue weighted by atomic mass is 10.3. The number of aromatic hydroxyl groups is 1. The Kier molecular flexibility index (Phi) is 2.49. The molecule has 3 aromatic rings. The summed E-state index contributed by atoms with van der Waals surface area (Å²) in [5, 5.41) is 26.2. The largest absolute Gasteiger partial charge is 0.692 e. The number of aromatic nitrogens is 3. The smallest absolute Gasteiger partial charge is 0.250 e. The lowest BCUT2D eigenvalue weighted by Gasteiger charge is -2.06. The Balaban J connectivity index is 2.21. The molecule has 0 unspecified atom stereocenters. The summed E-state index contributed by atoms with van der Waals surface area (Å²) in [7, 11) is 1.50. The minimum Gasteiger partial charge on any atom is -0.692 e. The van der Waals surface area contributed by atoms with Gasteiger partial charge in [-0.3, -0.25) is 0 Å². The molecule has 0 bridgehead atoms. The van der Waals surface area contributed by atoms with E-state index in [1.54, 1.807) is 36.4 Å². The summed E-state index contributed by atoms with van der Waals surface area (Å²) in [6, 6.07) is 11.6. The highest BCUT2D eigenvalue weighted by molar-refractivity contribution is 5.70.